The molecule has 41 heavy (non-hydrogen) atoms. The molecule has 2 heterocycles. The molecule has 0 unspecified atom stereocenters. The van der Waals surface area contributed by atoms with Crippen molar-refractivity contribution in [1.29, 1.82) is 0 Å². The molecule has 0 aliphatic heterocycles. The lowest BCUT2D eigenvalue weighted by Gasteiger charge is -2.22. The van der Waals surface area contributed by atoms with Crippen LogP contribution in [0, 0.1) is 0 Å². The van der Waals surface area contributed by atoms with Gasteiger partial charge < -0.3 is 8.98 Å². The molecule has 0 amide bonds. The van der Waals surface area contributed by atoms with Crippen LogP contribution in [0.5, 0.6) is 0 Å². The summed E-state index contributed by atoms with van der Waals surface area (Å²) in [5, 5.41) is 4.99. The van der Waals surface area contributed by atoms with Crippen LogP contribution in [0.1, 0.15) is 25.0 Å². The fraction of sp³-hybridized carbons (Fsp3) is 0.0769. The van der Waals surface area contributed by atoms with E-state index in [4.69, 9.17) is 4.42 Å². The minimum Gasteiger partial charge on any atom is -0.456 e. The van der Waals surface area contributed by atoms with Crippen LogP contribution < -0.4 is 0 Å². The molecule has 8 aromatic rings. The van der Waals surface area contributed by atoms with Crippen molar-refractivity contribution in [2.24, 2.45) is 0 Å². The Balaban J connectivity index is 1.26. The van der Waals surface area contributed by atoms with Crippen molar-refractivity contribution in [2.45, 2.75) is 19.3 Å². The molecule has 0 atom stereocenters. The van der Waals surface area contributed by atoms with Gasteiger partial charge in [0.05, 0.1) is 11.0 Å². The van der Waals surface area contributed by atoms with Crippen LogP contribution in [0.3, 0.4) is 0 Å². The summed E-state index contributed by atoms with van der Waals surface area (Å²) in [5.74, 6) is 0. The van der Waals surface area contributed by atoms with E-state index in [1.807, 2.05) is 6.07 Å². The first-order valence-corrected chi connectivity index (χ1v) is 14.3. The van der Waals surface area contributed by atoms with E-state index in [2.05, 4.69) is 140 Å². The van der Waals surface area contributed by atoms with E-state index in [0.717, 1.165) is 11.2 Å². The quantitative estimate of drug-likeness (QED) is 0.219. The summed E-state index contributed by atoms with van der Waals surface area (Å²) in [7, 11) is 0. The van der Waals surface area contributed by atoms with E-state index in [-0.39, 0.29) is 5.41 Å². The summed E-state index contributed by atoms with van der Waals surface area (Å²) in [5.41, 5.74) is 13.3. The number of nitrogens with zero attached hydrogens (tertiary/aromatic N) is 1. The third-order valence-electron chi connectivity index (χ3n) is 9.17. The zero-order chi connectivity index (χ0) is 27.3. The summed E-state index contributed by atoms with van der Waals surface area (Å²) in [6.45, 7) is 4.70. The van der Waals surface area contributed by atoms with Crippen molar-refractivity contribution in [3.8, 4) is 27.9 Å². The van der Waals surface area contributed by atoms with Gasteiger partial charge in [-0.1, -0.05) is 92.7 Å². The third-order valence-corrected chi connectivity index (χ3v) is 9.17. The lowest BCUT2D eigenvalue weighted by atomic mass is 9.80. The Morgan fingerprint density at radius 3 is 2.12 bits per heavy atom. The SMILES string of the molecule is CC1(C)c2ccc(-c3ccc4c(c3)c3ccccc3n4-c3ccccc3)cc2-c2ccc3oc4ccccc4c3c21. The third kappa shape index (κ3) is 3.02. The summed E-state index contributed by atoms with van der Waals surface area (Å²) in [6, 6.07) is 46.1. The molecule has 0 fully saturated rings. The molecule has 6 aromatic carbocycles. The lowest BCUT2D eigenvalue weighted by molar-refractivity contribution is 0.657. The molecule has 0 saturated carbocycles. The smallest absolute Gasteiger partial charge is 0.135 e. The van der Waals surface area contributed by atoms with E-state index in [1.165, 1.54) is 71.6 Å². The van der Waals surface area contributed by atoms with Crippen molar-refractivity contribution >= 4 is 43.7 Å². The Bertz CT molecular complexity index is 2330. The lowest BCUT2D eigenvalue weighted by Crippen LogP contribution is -2.15. The number of hydrogen-bond acceptors (Lipinski definition) is 1. The molecule has 1 aliphatic carbocycles. The highest BCUT2D eigenvalue weighted by atomic mass is 16.3. The molecule has 0 radical (unpaired) electrons. The zero-order valence-electron chi connectivity index (χ0n) is 23.0. The predicted molar refractivity (Wildman–Crippen MR) is 171 cm³/mol. The molecule has 2 heteroatoms. The number of aromatic nitrogens is 1. The van der Waals surface area contributed by atoms with Gasteiger partial charge in [-0.2, -0.15) is 0 Å². The number of hydrogen-bond donors (Lipinski definition) is 0. The van der Waals surface area contributed by atoms with Crippen LogP contribution in [0.25, 0.3) is 71.7 Å². The maximum absolute atomic E-state index is 6.27. The van der Waals surface area contributed by atoms with Crippen molar-refractivity contribution in [2.75, 3.05) is 0 Å². The Morgan fingerprint density at radius 1 is 0.537 bits per heavy atom. The monoisotopic (exact) mass is 525 g/mol. The molecule has 2 aromatic heterocycles. The first-order valence-electron chi connectivity index (χ1n) is 14.3. The average Bonchev–Trinajstić information content (AvgIpc) is 3.63. The highest BCUT2D eigenvalue weighted by Gasteiger charge is 2.38. The maximum Gasteiger partial charge on any atom is 0.135 e. The number of furan rings is 1. The van der Waals surface area contributed by atoms with Crippen LogP contribution >= 0.6 is 0 Å². The van der Waals surface area contributed by atoms with Gasteiger partial charge in [-0.3, -0.25) is 0 Å². The number of benzene rings is 6. The summed E-state index contributed by atoms with van der Waals surface area (Å²) >= 11 is 0. The molecular weight excluding hydrogens is 498 g/mol. The van der Waals surface area contributed by atoms with Gasteiger partial charge in [0.15, 0.2) is 0 Å². The molecular formula is C39H27NO. The second-order valence-corrected chi connectivity index (χ2v) is 11.8. The average molecular weight is 526 g/mol. The van der Waals surface area contributed by atoms with Crippen LogP contribution in [-0.2, 0) is 5.41 Å². The van der Waals surface area contributed by atoms with Gasteiger partial charge in [-0.05, 0) is 81.9 Å². The minimum absolute atomic E-state index is 0.123. The highest BCUT2D eigenvalue weighted by molar-refractivity contribution is 6.12. The molecule has 0 bridgehead atoms. The van der Waals surface area contributed by atoms with Crippen molar-refractivity contribution in [3.63, 3.8) is 0 Å². The maximum atomic E-state index is 6.27. The van der Waals surface area contributed by atoms with Crippen LogP contribution in [0.15, 0.2) is 132 Å². The van der Waals surface area contributed by atoms with Gasteiger partial charge in [0.2, 0.25) is 0 Å². The van der Waals surface area contributed by atoms with Crippen molar-refractivity contribution < 1.29 is 4.42 Å². The fourth-order valence-corrected chi connectivity index (χ4v) is 7.32. The van der Waals surface area contributed by atoms with Gasteiger partial charge in [-0.15, -0.1) is 0 Å². The van der Waals surface area contributed by atoms with Crippen LogP contribution in [0.4, 0.5) is 0 Å². The van der Waals surface area contributed by atoms with Crippen LogP contribution in [-0.4, -0.2) is 4.57 Å². The summed E-state index contributed by atoms with van der Waals surface area (Å²) in [4.78, 5) is 0. The Labute approximate surface area is 238 Å². The Hall–Kier alpha value is -5.08. The molecule has 2 nitrogen and oxygen atoms in total. The van der Waals surface area contributed by atoms with Crippen molar-refractivity contribution in [3.05, 3.63) is 139 Å². The fourth-order valence-electron chi connectivity index (χ4n) is 7.32. The molecule has 194 valence electrons. The second kappa shape index (κ2) is 7.99. The molecule has 0 saturated heterocycles. The van der Waals surface area contributed by atoms with E-state index in [0.29, 0.717) is 0 Å². The molecule has 0 N–H and O–H groups in total. The number of para-hydroxylation sites is 3. The predicted octanol–water partition coefficient (Wildman–Crippen LogP) is 10.7. The number of rotatable bonds is 2. The molecule has 0 spiro atoms. The minimum atomic E-state index is -0.123. The molecule has 9 rings (SSSR count). The van der Waals surface area contributed by atoms with E-state index >= 15 is 0 Å². The topological polar surface area (TPSA) is 18.1 Å². The first kappa shape index (κ1) is 22.7. The first-order chi connectivity index (χ1) is 20.1. The highest BCUT2D eigenvalue weighted by Crippen LogP contribution is 2.53. The normalized spacial score (nSPS) is 13.8. The largest absolute Gasteiger partial charge is 0.456 e. The second-order valence-electron chi connectivity index (χ2n) is 11.8. The van der Waals surface area contributed by atoms with Gasteiger partial charge in [0, 0.05) is 32.6 Å². The summed E-state index contributed by atoms with van der Waals surface area (Å²) in [6.07, 6.45) is 0. The van der Waals surface area contributed by atoms with E-state index in [1.54, 1.807) is 0 Å². The number of fused-ring (bicyclic) bond motifs is 10. The van der Waals surface area contributed by atoms with E-state index < -0.39 is 0 Å². The summed E-state index contributed by atoms with van der Waals surface area (Å²) < 4.78 is 8.64. The van der Waals surface area contributed by atoms with Gasteiger partial charge in [0.25, 0.3) is 0 Å². The molecule has 1 aliphatic rings. The standard InChI is InChI=1S/C39H27NO/c1-39(2)32-19-16-24(22-30(32)28-18-21-36-37(38(28)39)29-13-7-9-15-35(29)41-36)25-17-20-34-31(23-25)27-12-6-8-14-33(27)40(34)26-10-4-3-5-11-26/h3-23H,1-2H3. The van der Waals surface area contributed by atoms with Crippen LogP contribution in [0.2, 0.25) is 0 Å². The van der Waals surface area contributed by atoms with Gasteiger partial charge in [-0.25, -0.2) is 0 Å². The Morgan fingerprint density at radius 2 is 1.24 bits per heavy atom. The van der Waals surface area contributed by atoms with Crippen molar-refractivity contribution in [1.82, 2.24) is 4.57 Å². The Kier molecular flexibility index (Phi) is 4.42. The van der Waals surface area contributed by atoms with E-state index in [9.17, 15) is 0 Å². The zero-order valence-corrected chi connectivity index (χ0v) is 23.0. The van der Waals surface area contributed by atoms with Gasteiger partial charge >= 0.3 is 0 Å². The van der Waals surface area contributed by atoms with Gasteiger partial charge in [0.1, 0.15) is 11.2 Å².